The number of anilines is 1. The summed E-state index contributed by atoms with van der Waals surface area (Å²) < 4.78 is 0. The molecule has 2 aliphatic rings. The molecule has 132 valence electrons. The van der Waals surface area contributed by atoms with Gasteiger partial charge in [-0.1, -0.05) is 48.9 Å². The van der Waals surface area contributed by atoms with Crippen LogP contribution in [0.5, 0.6) is 0 Å². The van der Waals surface area contributed by atoms with E-state index in [4.69, 9.17) is 23.2 Å². The van der Waals surface area contributed by atoms with Crippen LogP contribution in [0.1, 0.15) is 38.5 Å². The van der Waals surface area contributed by atoms with Gasteiger partial charge >= 0.3 is 6.03 Å². The molecule has 1 aromatic rings. The highest BCUT2D eigenvalue weighted by Gasteiger charge is 2.26. The van der Waals surface area contributed by atoms with E-state index in [1.165, 1.54) is 38.5 Å². The number of hydrogen-bond acceptors (Lipinski definition) is 2. The van der Waals surface area contributed by atoms with Gasteiger partial charge in [0.05, 0.1) is 10.7 Å². The maximum atomic E-state index is 12.4. The lowest BCUT2D eigenvalue weighted by Crippen LogP contribution is -2.52. The van der Waals surface area contributed by atoms with Gasteiger partial charge in [-0.3, -0.25) is 4.90 Å². The van der Waals surface area contributed by atoms with Crippen LogP contribution in [0.25, 0.3) is 0 Å². The maximum Gasteiger partial charge on any atom is 0.321 e. The number of halogens is 2. The van der Waals surface area contributed by atoms with Gasteiger partial charge in [-0.05, 0) is 31.0 Å². The first-order valence-corrected chi connectivity index (χ1v) is 9.64. The average Bonchev–Trinajstić information content (AvgIpc) is 2.87. The molecule has 0 radical (unpaired) electrons. The molecule has 0 unspecified atom stereocenters. The highest BCUT2D eigenvalue weighted by Crippen LogP contribution is 2.26. The molecule has 1 aromatic carbocycles. The van der Waals surface area contributed by atoms with E-state index in [1.807, 2.05) is 4.90 Å². The number of nitrogens with zero attached hydrogens (tertiary/aromatic N) is 2. The number of hydrogen-bond donors (Lipinski definition) is 1. The minimum absolute atomic E-state index is 0.0836. The Morgan fingerprint density at radius 1 is 1.00 bits per heavy atom. The fourth-order valence-electron chi connectivity index (χ4n) is 3.70. The van der Waals surface area contributed by atoms with Crippen molar-refractivity contribution in [3.05, 3.63) is 28.2 Å². The van der Waals surface area contributed by atoms with E-state index < -0.39 is 0 Å². The van der Waals surface area contributed by atoms with Crippen LogP contribution in [-0.4, -0.2) is 48.1 Å². The first-order chi connectivity index (χ1) is 11.6. The van der Waals surface area contributed by atoms with Crippen LogP contribution in [-0.2, 0) is 0 Å². The van der Waals surface area contributed by atoms with Crippen molar-refractivity contribution in [2.45, 2.75) is 44.6 Å². The Balaban J connectivity index is 1.51. The van der Waals surface area contributed by atoms with Crippen molar-refractivity contribution in [3.63, 3.8) is 0 Å². The van der Waals surface area contributed by atoms with Gasteiger partial charge in [0.1, 0.15) is 0 Å². The van der Waals surface area contributed by atoms with Crippen LogP contribution in [0.4, 0.5) is 10.5 Å². The summed E-state index contributed by atoms with van der Waals surface area (Å²) in [6.07, 6.45) is 8.07. The Kier molecular flexibility index (Phi) is 6.25. The van der Waals surface area contributed by atoms with E-state index in [1.54, 1.807) is 18.2 Å². The second kappa shape index (κ2) is 8.41. The molecule has 0 bridgehead atoms. The van der Waals surface area contributed by atoms with Gasteiger partial charge in [0, 0.05) is 37.2 Å². The number of carbonyl (C=O) groups excluding carboxylic acids is 1. The fraction of sp³-hybridized carbons (Fsp3) is 0.611. The Hall–Kier alpha value is -0.970. The van der Waals surface area contributed by atoms with Gasteiger partial charge in [-0.2, -0.15) is 0 Å². The summed E-state index contributed by atoms with van der Waals surface area (Å²) in [5.74, 6) is 0. The summed E-state index contributed by atoms with van der Waals surface area (Å²) in [4.78, 5) is 16.9. The van der Waals surface area contributed by atoms with Gasteiger partial charge in [0.15, 0.2) is 0 Å². The predicted molar refractivity (Wildman–Crippen MR) is 100 cm³/mol. The Labute approximate surface area is 154 Å². The summed E-state index contributed by atoms with van der Waals surface area (Å²) >= 11 is 12.0. The van der Waals surface area contributed by atoms with Crippen molar-refractivity contribution in [2.24, 2.45) is 0 Å². The van der Waals surface area contributed by atoms with Crippen molar-refractivity contribution >= 4 is 34.9 Å². The number of amides is 2. The zero-order valence-corrected chi connectivity index (χ0v) is 15.5. The molecule has 1 N–H and O–H groups in total. The minimum atomic E-state index is -0.0836. The molecule has 0 aromatic heterocycles. The van der Waals surface area contributed by atoms with Crippen LogP contribution >= 0.6 is 23.2 Å². The van der Waals surface area contributed by atoms with Crippen LogP contribution in [0.2, 0.25) is 10.0 Å². The molecule has 0 spiro atoms. The van der Waals surface area contributed by atoms with E-state index in [0.717, 1.165) is 26.2 Å². The van der Waals surface area contributed by atoms with Gasteiger partial charge < -0.3 is 10.2 Å². The highest BCUT2D eigenvalue weighted by molar-refractivity contribution is 6.36. The Bertz CT molecular complexity index is 565. The molecule has 1 aliphatic carbocycles. The molecule has 4 nitrogen and oxygen atoms in total. The van der Waals surface area contributed by atoms with E-state index in [9.17, 15) is 4.79 Å². The summed E-state index contributed by atoms with van der Waals surface area (Å²) in [5.41, 5.74) is 0.609. The lowest BCUT2D eigenvalue weighted by Gasteiger charge is -2.39. The number of nitrogens with one attached hydrogen (secondary N) is 1. The zero-order chi connectivity index (χ0) is 16.9. The number of benzene rings is 1. The lowest BCUT2D eigenvalue weighted by molar-refractivity contribution is 0.105. The molecule has 2 amide bonds. The quantitative estimate of drug-likeness (QED) is 0.755. The molecule has 1 saturated heterocycles. The molecule has 2 fully saturated rings. The molecule has 3 rings (SSSR count). The summed E-state index contributed by atoms with van der Waals surface area (Å²) in [5, 5.41) is 3.92. The van der Waals surface area contributed by atoms with Gasteiger partial charge in [0.2, 0.25) is 0 Å². The number of carbonyl (C=O) groups is 1. The molecular formula is C18H25Cl2N3O. The van der Waals surface area contributed by atoms with Crippen molar-refractivity contribution in [3.8, 4) is 0 Å². The smallest absolute Gasteiger partial charge is 0.321 e. The Morgan fingerprint density at radius 3 is 2.29 bits per heavy atom. The van der Waals surface area contributed by atoms with Gasteiger partial charge in [-0.25, -0.2) is 4.79 Å². The first kappa shape index (κ1) is 17.8. The summed E-state index contributed by atoms with van der Waals surface area (Å²) in [6.45, 7) is 3.47. The topological polar surface area (TPSA) is 35.6 Å². The van der Waals surface area contributed by atoms with Crippen molar-refractivity contribution in [1.29, 1.82) is 0 Å². The first-order valence-electron chi connectivity index (χ1n) is 8.88. The second-order valence-corrected chi connectivity index (χ2v) is 7.57. The van der Waals surface area contributed by atoms with Crippen LogP contribution < -0.4 is 5.32 Å². The molecule has 0 atom stereocenters. The third-order valence-corrected chi connectivity index (χ3v) is 5.66. The maximum absolute atomic E-state index is 12.4. The van der Waals surface area contributed by atoms with Gasteiger partial charge in [-0.15, -0.1) is 0 Å². The largest absolute Gasteiger partial charge is 0.322 e. The van der Waals surface area contributed by atoms with Crippen LogP contribution in [0.3, 0.4) is 0 Å². The SMILES string of the molecule is O=C(Nc1ccc(Cl)cc1Cl)N1CCN(C2CCCCCC2)CC1. The van der Waals surface area contributed by atoms with E-state index in [2.05, 4.69) is 10.2 Å². The summed E-state index contributed by atoms with van der Waals surface area (Å²) in [6, 6.07) is 5.74. The molecule has 1 heterocycles. The van der Waals surface area contributed by atoms with E-state index in [-0.39, 0.29) is 6.03 Å². The van der Waals surface area contributed by atoms with Crippen molar-refractivity contribution in [2.75, 3.05) is 31.5 Å². The van der Waals surface area contributed by atoms with E-state index >= 15 is 0 Å². The number of rotatable bonds is 2. The normalized spacial score (nSPS) is 20.7. The third-order valence-electron chi connectivity index (χ3n) is 5.12. The number of urea groups is 1. The standard InChI is InChI=1S/C18H25Cl2N3O/c19-14-7-8-17(16(20)13-14)21-18(24)23-11-9-22(10-12-23)15-5-3-1-2-4-6-15/h7-8,13,15H,1-6,9-12H2,(H,21,24). The molecule has 6 heteroatoms. The third kappa shape index (κ3) is 4.56. The van der Waals surface area contributed by atoms with Gasteiger partial charge in [0.25, 0.3) is 0 Å². The zero-order valence-electron chi connectivity index (χ0n) is 13.9. The highest BCUT2D eigenvalue weighted by atomic mass is 35.5. The molecular weight excluding hydrogens is 345 g/mol. The Morgan fingerprint density at radius 2 is 1.67 bits per heavy atom. The summed E-state index contributed by atoms with van der Waals surface area (Å²) in [7, 11) is 0. The predicted octanol–water partition coefficient (Wildman–Crippen LogP) is 4.87. The van der Waals surface area contributed by atoms with Crippen molar-refractivity contribution in [1.82, 2.24) is 9.80 Å². The molecule has 1 saturated carbocycles. The van der Waals surface area contributed by atoms with Crippen LogP contribution in [0, 0.1) is 0 Å². The number of piperazine rings is 1. The molecule has 24 heavy (non-hydrogen) atoms. The van der Waals surface area contributed by atoms with Crippen molar-refractivity contribution < 1.29 is 4.79 Å². The second-order valence-electron chi connectivity index (χ2n) is 6.72. The fourth-order valence-corrected chi connectivity index (χ4v) is 4.15. The van der Waals surface area contributed by atoms with E-state index in [0.29, 0.717) is 21.8 Å². The minimum Gasteiger partial charge on any atom is -0.322 e. The average molecular weight is 370 g/mol. The van der Waals surface area contributed by atoms with Crippen LogP contribution in [0.15, 0.2) is 18.2 Å². The lowest BCUT2D eigenvalue weighted by atomic mass is 10.1. The monoisotopic (exact) mass is 369 g/mol. The molecule has 1 aliphatic heterocycles.